The third kappa shape index (κ3) is 3.21. The Morgan fingerprint density at radius 1 is 1.41 bits per heavy atom. The van der Waals surface area contributed by atoms with Gasteiger partial charge in [-0.3, -0.25) is 4.79 Å². The Kier molecular flexibility index (Phi) is 5.33. The Bertz CT molecular complexity index is 580. The van der Waals surface area contributed by atoms with Crippen LogP contribution in [0.2, 0.25) is 0 Å². The van der Waals surface area contributed by atoms with Gasteiger partial charge in [0.15, 0.2) is 0 Å². The number of hydrogen-bond donors (Lipinski definition) is 2. The van der Waals surface area contributed by atoms with E-state index in [0.29, 0.717) is 22.5 Å². The van der Waals surface area contributed by atoms with Gasteiger partial charge in [0.05, 0.1) is 20.3 Å². The predicted octanol–water partition coefficient (Wildman–Crippen LogP) is 1.49. The van der Waals surface area contributed by atoms with Gasteiger partial charge < -0.3 is 24.8 Å². The molecule has 1 saturated heterocycles. The minimum atomic E-state index is -1.19. The van der Waals surface area contributed by atoms with Crippen molar-refractivity contribution in [2.45, 2.75) is 18.6 Å². The summed E-state index contributed by atoms with van der Waals surface area (Å²) in [5.74, 6) is 1.09. The van der Waals surface area contributed by atoms with E-state index in [1.165, 1.54) is 0 Å². The van der Waals surface area contributed by atoms with Crippen molar-refractivity contribution in [2.24, 2.45) is 0 Å². The molecule has 2 rings (SSSR count). The van der Waals surface area contributed by atoms with Gasteiger partial charge in [-0.25, -0.2) is 4.79 Å². The molecule has 8 heteroatoms. The van der Waals surface area contributed by atoms with Crippen molar-refractivity contribution in [1.82, 2.24) is 10.2 Å². The summed E-state index contributed by atoms with van der Waals surface area (Å²) in [5.41, 5.74) is 0.847. The summed E-state index contributed by atoms with van der Waals surface area (Å²) in [6.07, 6.45) is -1.19. The maximum atomic E-state index is 12.1. The minimum Gasteiger partial charge on any atom is -0.497 e. The number of alkyl halides is 1. The number of β-lactam (4-membered cyclic amide) rings is 1. The molecule has 7 nitrogen and oxygen atoms in total. The summed E-state index contributed by atoms with van der Waals surface area (Å²) in [4.78, 5) is 24.5. The number of carbonyl (C=O) groups is 2. The molecule has 0 aliphatic carbocycles. The summed E-state index contributed by atoms with van der Waals surface area (Å²) in [5, 5.41) is 11.0. The topological polar surface area (TPSA) is 88.1 Å². The second-order valence-electron chi connectivity index (χ2n) is 4.79. The Hall–Kier alpha value is -1.71. The van der Waals surface area contributed by atoms with Gasteiger partial charge in [0.1, 0.15) is 17.5 Å². The molecular formula is C14H17IN2O5. The molecule has 120 valence electrons. The van der Waals surface area contributed by atoms with Crippen molar-refractivity contribution >= 4 is 34.6 Å². The number of hydrogen-bond acceptors (Lipinski definition) is 4. The summed E-state index contributed by atoms with van der Waals surface area (Å²) in [7, 11) is 3.13. The molecule has 2 N–H and O–H groups in total. The maximum Gasteiger partial charge on any atom is 0.405 e. The number of nitrogens with zero attached hydrogens (tertiary/aromatic N) is 1. The van der Waals surface area contributed by atoms with Crippen LogP contribution in [0.4, 0.5) is 4.79 Å². The standard InChI is InChI=1S/C14H17IN2O5/c1-21-9-4-3-8(11(5-9)22-2)7-17-10(6-15)12(13(17)18)16-14(19)20/h3-5,10,12,16H,6-7H2,1-2H3,(H,19,20)/t10-,12+/m1/s1. The number of amides is 2. The van der Waals surface area contributed by atoms with Gasteiger partial charge >= 0.3 is 6.09 Å². The first-order chi connectivity index (χ1) is 10.5. The highest BCUT2D eigenvalue weighted by Gasteiger charge is 2.47. The van der Waals surface area contributed by atoms with Gasteiger partial charge in [-0.15, -0.1) is 0 Å². The van der Waals surface area contributed by atoms with Crippen LogP contribution in [0.25, 0.3) is 0 Å². The molecule has 0 radical (unpaired) electrons. The molecule has 2 amide bonds. The Balaban J connectivity index is 2.14. The number of carboxylic acid groups (broad SMARTS) is 1. The van der Waals surface area contributed by atoms with E-state index in [2.05, 4.69) is 27.9 Å². The van der Waals surface area contributed by atoms with Crippen LogP contribution >= 0.6 is 22.6 Å². The van der Waals surface area contributed by atoms with Crippen LogP contribution in [0.3, 0.4) is 0 Å². The van der Waals surface area contributed by atoms with E-state index in [0.717, 1.165) is 5.56 Å². The van der Waals surface area contributed by atoms with Crippen molar-refractivity contribution in [3.8, 4) is 11.5 Å². The van der Waals surface area contributed by atoms with Crippen LogP contribution in [-0.2, 0) is 11.3 Å². The Morgan fingerprint density at radius 3 is 2.68 bits per heavy atom. The van der Waals surface area contributed by atoms with Crippen molar-refractivity contribution in [3.05, 3.63) is 23.8 Å². The lowest BCUT2D eigenvalue weighted by atomic mass is 9.95. The lowest BCUT2D eigenvalue weighted by molar-refractivity contribution is -0.150. The van der Waals surface area contributed by atoms with E-state index >= 15 is 0 Å². The summed E-state index contributed by atoms with van der Waals surface area (Å²) in [6.45, 7) is 0.372. The molecular weight excluding hydrogens is 403 g/mol. The van der Waals surface area contributed by atoms with Gasteiger partial charge in [0.25, 0.3) is 0 Å². The van der Waals surface area contributed by atoms with E-state index in [1.54, 1.807) is 31.3 Å². The van der Waals surface area contributed by atoms with Gasteiger partial charge in [0, 0.05) is 22.6 Å². The third-order valence-corrected chi connectivity index (χ3v) is 4.51. The number of carbonyl (C=O) groups excluding carboxylic acids is 1. The van der Waals surface area contributed by atoms with E-state index in [9.17, 15) is 9.59 Å². The molecule has 0 spiro atoms. The lowest BCUT2D eigenvalue weighted by Gasteiger charge is -2.46. The normalized spacial score (nSPS) is 20.3. The maximum absolute atomic E-state index is 12.1. The summed E-state index contributed by atoms with van der Waals surface area (Å²) >= 11 is 2.15. The first-order valence-corrected chi connectivity index (χ1v) is 8.11. The van der Waals surface area contributed by atoms with E-state index in [4.69, 9.17) is 14.6 Å². The zero-order valence-corrected chi connectivity index (χ0v) is 14.4. The second kappa shape index (κ2) is 7.03. The van der Waals surface area contributed by atoms with Crippen LogP contribution in [0.5, 0.6) is 11.5 Å². The molecule has 1 aromatic rings. The fraction of sp³-hybridized carbons (Fsp3) is 0.429. The van der Waals surface area contributed by atoms with E-state index in [1.807, 2.05) is 6.07 Å². The van der Waals surface area contributed by atoms with Gasteiger partial charge in [-0.05, 0) is 12.1 Å². The zero-order chi connectivity index (χ0) is 16.3. The predicted molar refractivity (Wildman–Crippen MR) is 87.7 cm³/mol. The van der Waals surface area contributed by atoms with Crippen molar-refractivity contribution in [2.75, 3.05) is 18.6 Å². The average molecular weight is 420 g/mol. The highest BCUT2D eigenvalue weighted by molar-refractivity contribution is 14.1. The van der Waals surface area contributed by atoms with Gasteiger partial charge in [0.2, 0.25) is 5.91 Å². The molecule has 1 fully saturated rings. The molecule has 1 aromatic carbocycles. The lowest BCUT2D eigenvalue weighted by Crippen LogP contribution is -2.70. The van der Waals surface area contributed by atoms with Crippen LogP contribution in [0, 0.1) is 0 Å². The molecule has 0 aromatic heterocycles. The molecule has 0 bridgehead atoms. The second-order valence-corrected chi connectivity index (χ2v) is 5.67. The number of rotatable bonds is 6. The molecule has 2 atom stereocenters. The number of likely N-dealkylation sites (tertiary alicyclic amines) is 1. The van der Waals surface area contributed by atoms with E-state index in [-0.39, 0.29) is 11.9 Å². The smallest absolute Gasteiger partial charge is 0.405 e. The average Bonchev–Trinajstić information content (AvgIpc) is 2.52. The van der Waals surface area contributed by atoms with Gasteiger partial charge in [-0.2, -0.15) is 0 Å². The van der Waals surface area contributed by atoms with Crippen LogP contribution < -0.4 is 14.8 Å². The Morgan fingerprint density at radius 2 is 2.14 bits per heavy atom. The largest absolute Gasteiger partial charge is 0.497 e. The van der Waals surface area contributed by atoms with Crippen LogP contribution in [-0.4, -0.2) is 52.7 Å². The highest BCUT2D eigenvalue weighted by atomic mass is 127. The molecule has 1 aliphatic rings. The number of ether oxygens (including phenoxy) is 2. The minimum absolute atomic E-state index is 0.156. The van der Waals surface area contributed by atoms with Crippen molar-refractivity contribution in [3.63, 3.8) is 0 Å². The van der Waals surface area contributed by atoms with Crippen molar-refractivity contribution < 1.29 is 24.2 Å². The number of halogens is 1. The molecule has 0 saturated carbocycles. The number of nitrogens with one attached hydrogen (secondary N) is 1. The molecule has 0 unspecified atom stereocenters. The molecule has 1 heterocycles. The van der Waals surface area contributed by atoms with E-state index < -0.39 is 12.1 Å². The zero-order valence-electron chi connectivity index (χ0n) is 12.2. The third-order valence-electron chi connectivity index (χ3n) is 3.61. The first kappa shape index (κ1) is 16.7. The summed E-state index contributed by atoms with van der Waals surface area (Å²) in [6, 6.07) is 4.57. The SMILES string of the molecule is COc1ccc(CN2C(=O)[C@@H](NC(=O)O)[C@H]2CI)c(OC)c1. The van der Waals surface area contributed by atoms with Gasteiger partial charge in [-0.1, -0.05) is 22.6 Å². The van der Waals surface area contributed by atoms with Crippen LogP contribution in [0.15, 0.2) is 18.2 Å². The molecule has 22 heavy (non-hydrogen) atoms. The fourth-order valence-corrected chi connectivity index (χ4v) is 3.41. The quantitative estimate of drug-likeness (QED) is 0.414. The summed E-state index contributed by atoms with van der Waals surface area (Å²) < 4.78 is 11.1. The first-order valence-electron chi connectivity index (χ1n) is 6.58. The number of methoxy groups -OCH3 is 2. The van der Waals surface area contributed by atoms with Crippen molar-refractivity contribution in [1.29, 1.82) is 0 Å². The monoisotopic (exact) mass is 420 g/mol. The number of benzene rings is 1. The highest BCUT2D eigenvalue weighted by Crippen LogP contribution is 2.30. The molecule has 1 aliphatic heterocycles. The Labute approximate surface area is 141 Å². The fourth-order valence-electron chi connectivity index (χ4n) is 2.43. The van der Waals surface area contributed by atoms with Crippen LogP contribution in [0.1, 0.15) is 5.56 Å².